The average Bonchev–Trinajstić information content (AvgIpc) is 3.54. The number of aromatic nitrogens is 1. The summed E-state index contributed by atoms with van der Waals surface area (Å²) in [6.45, 7) is 7.91. The molecule has 7 heteroatoms. The maximum absolute atomic E-state index is 13.3. The number of fused-ring (bicyclic) bond motifs is 3. The highest BCUT2D eigenvalue weighted by atomic mass is 32.1. The molecule has 0 aliphatic carbocycles. The van der Waals surface area contributed by atoms with Gasteiger partial charge < -0.3 is 14.9 Å². The molecular weight excluding hydrogens is 472 g/mol. The lowest BCUT2D eigenvalue weighted by Crippen LogP contribution is -2.17. The van der Waals surface area contributed by atoms with Gasteiger partial charge >= 0.3 is 0 Å². The smallest absolute Gasteiger partial charge is 0.215 e. The van der Waals surface area contributed by atoms with Crippen molar-refractivity contribution in [1.29, 1.82) is 0 Å². The number of carbonyl (C=O) groups excluding carboxylic acids is 2. The summed E-state index contributed by atoms with van der Waals surface area (Å²) in [6, 6.07) is 14.3. The lowest BCUT2D eigenvalue weighted by atomic mass is 9.95. The van der Waals surface area contributed by atoms with E-state index in [2.05, 4.69) is 11.7 Å². The fourth-order valence-corrected chi connectivity index (χ4v) is 4.87. The molecule has 182 valence electrons. The van der Waals surface area contributed by atoms with E-state index in [0.29, 0.717) is 33.7 Å². The molecule has 0 saturated carbocycles. The molecule has 0 fully saturated rings. The van der Waals surface area contributed by atoms with Crippen LogP contribution in [0.15, 0.2) is 95.0 Å². The highest BCUT2D eigenvalue weighted by Crippen LogP contribution is 2.32. The van der Waals surface area contributed by atoms with Crippen molar-refractivity contribution in [2.45, 2.75) is 20.4 Å². The van der Waals surface area contributed by atoms with Gasteiger partial charge in [-0.2, -0.15) is 0 Å². The number of hydrogen-bond donors (Lipinski definition) is 2. The van der Waals surface area contributed by atoms with Gasteiger partial charge in [-0.25, -0.2) is 0 Å². The number of aliphatic hydroxyl groups excluding tert-OH is 1. The van der Waals surface area contributed by atoms with Crippen molar-refractivity contribution in [2.24, 2.45) is 5.16 Å². The van der Waals surface area contributed by atoms with Crippen LogP contribution in [0.4, 0.5) is 0 Å². The zero-order valence-electron chi connectivity index (χ0n) is 20.1. The molecule has 0 aliphatic rings. The van der Waals surface area contributed by atoms with Gasteiger partial charge in [0.15, 0.2) is 5.71 Å². The van der Waals surface area contributed by atoms with Crippen molar-refractivity contribution >= 4 is 50.4 Å². The molecule has 0 aliphatic heterocycles. The van der Waals surface area contributed by atoms with Gasteiger partial charge in [-0.05, 0) is 67.3 Å². The number of hydrogen-bond acceptors (Lipinski definition) is 6. The molecule has 0 saturated heterocycles. The Kier molecular flexibility index (Phi) is 7.43. The van der Waals surface area contributed by atoms with Crippen LogP contribution in [-0.4, -0.2) is 38.8 Å². The van der Waals surface area contributed by atoms with E-state index >= 15 is 0 Å². The zero-order valence-corrected chi connectivity index (χ0v) is 20.9. The molecule has 4 rings (SSSR count). The van der Waals surface area contributed by atoms with Crippen molar-refractivity contribution in [2.75, 3.05) is 6.61 Å². The minimum Gasteiger partial charge on any atom is -0.410 e. The van der Waals surface area contributed by atoms with Crippen LogP contribution < -0.4 is 0 Å². The number of ketones is 2. The molecule has 2 aromatic heterocycles. The van der Waals surface area contributed by atoms with Crippen LogP contribution in [0.2, 0.25) is 0 Å². The second-order valence-electron chi connectivity index (χ2n) is 8.28. The molecule has 0 unspecified atom stereocenters. The first-order chi connectivity index (χ1) is 17.4. The van der Waals surface area contributed by atoms with Gasteiger partial charge in [0, 0.05) is 45.1 Å². The maximum Gasteiger partial charge on any atom is 0.215 e. The fraction of sp³-hybridized carbons (Fsp3) is 0.138. The monoisotopic (exact) mass is 498 g/mol. The maximum atomic E-state index is 13.3. The normalized spacial score (nSPS) is 12.6. The lowest BCUT2D eigenvalue weighted by molar-refractivity contribution is 0.104. The third-order valence-corrected chi connectivity index (χ3v) is 6.94. The summed E-state index contributed by atoms with van der Waals surface area (Å²) >= 11 is 1.38. The molecule has 6 nitrogen and oxygen atoms in total. The summed E-state index contributed by atoms with van der Waals surface area (Å²) in [4.78, 5) is 27.0. The van der Waals surface area contributed by atoms with Crippen molar-refractivity contribution in [3.8, 4) is 0 Å². The van der Waals surface area contributed by atoms with Crippen LogP contribution in [0.5, 0.6) is 0 Å². The number of Topliss-reactive ketones (excluding diaryl/α,β-unsaturated/α-hetero) is 1. The van der Waals surface area contributed by atoms with Crippen LogP contribution in [-0.2, 0) is 6.54 Å². The number of oxime groups is 1. The van der Waals surface area contributed by atoms with Crippen molar-refractivity contribution in [1.82, 2.24) is 4.57 Å². The van der Waals surface area contributed by atoms with E-state index in [9.17, 15) is 19.9 Å². The Morgan fingerprint density at radius 3 is 2.33 bits per heavy atom. The summed E-state index contributed by atoms with van der Waals surface area (Å²) in [5, 5.41) is 26.0. The second-order valence-corrected chi connectivity index (χ2v) is 9.22. The van der Waals surface area contributed by atoms with Crippen LogP contribution in [0.1, 0.15) is 39.4 Å². The van der Waals surface area contributed by atoms with E-state index in [1.807, 2.05) is 47.2 Å². The number of aliphatic hydroxyl groups is 1. The quantitative estimate of drug-likeness (QED) is 0.0949. The molecule has 0 amide bonds. The Hall–Kier alpha value is -4.07. The molecule has 4 aromatic rings. The van der Waals surface area contributed by atoms with Crippen LogP contribution in [0.25, 0.3) is 21.8 Å². The van der Waals surface area contributed by atoms with Crippen LogP contribution >= 0.6 is 11.3 Å². The second kappa shape index (κ2) is 10.7. The summed E-state index contributed by atoms with van der Waals surface area (Å²) in [5.41, 5.74) is 3.42. The molecule has 0 atom stereocenters. The third-order valence-electron chi connectivity index (χ3n) is 6.07. The number of carbonyl (C=O) groups is 2. The molecule has 36 heavy (non-hydrogen) atoms. The Balaban J connectivity index is 1.84. The topological polar surface area (TPSA) is 91.9 Å². The molecular formula is C29H26N2O4S. The third kappa shape index (κ3) is 4.58. The van der Waals surface area contributed by atoms with Gasteiger partial charge in [0.1, 0.15) is 0 Å². The number of allylic oxidation sites excluding steroid dienone is 5. The predicted molar refractivity (Wildman–Crippen MR) is 146 cm³/mol. The standard InChI is InChI=1S/C29H26N2O4S/c1-4-5-7-18(2)19(3)27(30-35)29(34)21-10-12-25-23(17-21)22-16-20(28(33)26-8-6-15-36-26)9-11-24(22)31(25)13-14-32/h4-12,15-17,32,35H,3,13-14H2,1-2H3/b5-4-,18-7-,30-27+. The van der Waals surface area contributed by atoms with Crippen LogP contribution in [0, 0.1) is 0 Å². The fourth-order valence-electron chi connectivity index (χ4n) is 4.18. The van der Waals surface area contributed by atoms with E-state index in [4.69, 9.17) is 0 Å². The first kappa shape index (κ1) is 25.0. The SMILES string of the molecule is C=C(/C(C)=C\C=C/C)/C(=N\O)C(=O)c1ccc2c(c1)c1cc(C(=O)c3cccs3)ccc1n2CCO. The van der Waals surface area contributed by atoms with Crippen molar-refractivity contribution in [3.63, 3.8) is 0 Å². The largest absolute Gasteiger partial charge is 0.410 e. The Labute approximate surface area is 212 Å². The highest BCUT2D eigenvalue weighted by molar-refractivity contribution is 7.12. The van der Waals surface area contributed by atoms with E-state index in [-0.39, 0.29) is 18.1 Å². The highest BCUT2D eigenvalue weighted by Gasteiger charge is 2.21. The zero-order chi connectivity index (χ0) is 25.8. The average molecular weight is 499 g/mol. The molecule has 2 aromatic carbocycles. The minimum absolute atomic E-state index is 0.0611. The molecule has 0 bridgehead atoms. The van der Waals surface area contributed by atoms with Crippen molar-refractivity contribution in [3.05, 3.63) is 106 Å². The molecule has 2 heterocycles. The first-order valence-corrected chi connectivity index (χ1v) is 12.3. The van der Waals surface area contributed by atoms with Gasteiger partial charge in [0.2, 0.25) is 11.6 Å². The Morgan fingerprint density at radius 2 is 1.75 bits per heavy atom. The van der Waals surface area contributed by atoms with E-state index in [1.165, 1.54) is 11.3 Å². The van der Waals surface area contributed by atoms with Gasteiger partial charge in [0.05, 0.1) is 11.5 Å². The van der Waals surface area contributed by atoms with Crippen LogP contribution in [0.3, 0.4) is 0 Å². The van der Waals surface area contributed by atoms with Gasteiger partial charge in [-0.3, -0.25) is 9.59 Å². The predicted octanol–water partition coefficient (Wildman–Crippen LogP) is 6.17. The molecule has 0 radical (unpaired) electrons. The van der Waals surface area contributed by atoms with E-state index in [0.717, 1.165) is 21.8 Å². The van der Waals surface area contributed by atoms with Crippen molar-refractivity contribution < 1.29 is 19.9 Å². The van der Waals surface area contributed by atoms with Gasteiger partial charge in [-0.1, -0.05) is 36.0 Å². The molecule has 2 N–H and O–H groups in total. The summed E-state index contributed by atoms with van der Waals surface area (Å²) in [5.74, 6) is -0.539. The molecule has 0 spiro atoms. The first-order valence-electron chi connectivity index (χ1n) is 11.4. The van der Waals surface area contributed by atoms with Gasteiger partial charge in [-0.15, -0.1) is 11.3 Å². The number of rotatable bonds is 9. The lowest BCUT2D eigenvalue weighted by Gasteiger charge is -2.09. The van der Waals surface area contributed by atoms with Gasteiger partial charge in [0.25, 0.3) is 0 Å². The van der Waals surface area contributed by atoms with E-state index < -0.39 is 5.78 Å². The minimum atomic E-state index is -0.466. The summed E-state index contributed by atoms with van der Waals surface area (Å²) in [7, 11) is 0. The Morgan fingerprint density at radius 1 is 1.08 bits per heavy atom. The Bertz CT molecular complexity index is 1570. The number of benzene rings is 2. The number of thiophene rings is 1. The van der Waals surface area contributed by atoms with E-state index in [1.54, 1.807) is 43.3 Å². The number of nitrogens with zero attached hydrogens (tertiary/aromatic N) is 2. The summed E-state index contributed by atoms with van der Waals surface area (Å²) in [6.07, 6.45) is 5.46. The summed E-state index contributed by atoms with van der Waals surface area (Å²) < 4.78 is 1.96.